The van der Waals surface area contributed by atoms with Crippen molar-refractivity contribution in [1.29, 1.82) is 5.41 Å². The number of likely N-dealkylation sites (N-methyl/N-ethyl adjacent to an activating group) is 2. The molecule has 0 aromatic heterocycles. The van der Waals surface area contributed by atoms with Gasteiger partial charge in [0.15, 0.2) is 0 Å². The summed E-state index contributed by atoms with van der Waals surface area (Å²) in [6.07, 6.45) is 0. The highest BCUT2D eigenvalue weighted by molar-refractivity contribution is 5.83. The second-order valence-electron chi connectivity index (χ2n) is 4.82. The SMILES string of the molecule is CN(C)CCN(C)C(=N)C(C)(C)C. The summed E-state index contributed by atoms with van der Waals surface area (Å²) in [5.41, 5.74) is -0.0406. The van der Waals surface area contributed by atoms with Gasteiger partial charge in [-0.05, 0) is 14.1 Å². The van der Waals surface area contributed by atoms with Crippen molar-refractivity contribution in [2.75, 3.05) is 34.2 Å². The first-order valence-electron chi connectivity index (χ1n) is 4.70. The minimum atomic E-state index is -0.0406. The summed E-state index contributed by atoms with van der Waals surface area (Å²) in [6, 6.07) is 0. The van der Waals surface area contributed by atoms with E-state index in [9.17, 15) is 0 Å². The largest absolute Gasteiger partial charge is 0.362 e. The molecule has 0 fully saturated rings. The van der Waals surface area contributed by atoms with Crippen LogP contribution in [0.25, 0.3) is 0 Å². The molecule has 0 rings (SSSR count). The summed E-state index contributed by atoms with van der Waals surface area (Å²) in [7, 11) is 6.08. The molecular weight excluding hydrogens is 162 g/mol. The molecule has 0 saturated heterocycles. The first-order valence-corrected chi connectivity index (χ1v) is 4.70. The van der Waals surface area contributed by atoms with Gasteiger partial charge in [-0.3, -0.25) is 5.41 Å². The van der Waals surface area contributed by atoms with E-state index >= 15 is 0 Å². The summed E-state index contributed by atoms with van der Waals surface area (Å²) in [5, 5.41) is 7.90. The number of nitrogens with zero attached hydrogens (tertiary/aromatic N) is 2. The Hall–Kier alpha value is -0.570. The predicted molar refractivity (Wildman–Crippen MR) is 58.4 cm³/mol. The lowest BCUT2D eigenvalue weighted by Crippen LogP contribution is -2.39. The van der Waals surface area contributed by atoms with Crippen molar-refractivity contribution in [3.8, 4) is 0 Å². The van der Waals surface area contributed by atoms with Crippen molar-refractivity contribution in [3.05, 3.63) is 0 Å². The smallest absolute Gasteiger partial charge is 0.101 e. The third-order valence-corrected chi connectivity index (χ3v) is 1.97. The van der Waals surface area contributed by atoms with Gasteiger partial charge in [-0.25, -0.2) is 0 Å². The zero-order chi connectivity index (χ0) is 10.6. The van der Waals surface area contributed by atoms with E-state index < -0.39 is 0 Å². The molecule has 0 heterocycles. The van der Waals surface area contributed by atoms with Crippen LogP contribution in [0.15, 0.2) is 0 Å². The van der Waals surface area contributed by atoms with Crippen LogP contribution in [-0.4, -0.2) is 49.9 Å². The third kappa shape index (κ3) is 4.88. The zero-order valence-electron chi connectivity index (χ0n) is 9.81. The Morgan fingerprint density at radius 2 is 1.54 bits per heavy atom. The fourth-order valence-electron chi connectivity index (χ4n) is 1.03. The summed E-state index contributed by atoms with van der Waals surface area (Å²) in [4.78, 5) is 4.15. The quantitative estimate of drug-likeness (QED) is 0.533. The average Bonchev–Trinajstić information content (AvgIpc) is 1.96. The Bertz CT molecular complexity index is 167. The first kappa shape index (κ1) is 12.4. The van der Waals surface area contributed by atoms with Crippen LogP contribution in [0.3, 0.4) is 0 Å². The normalized spacial score (nSPS) is 11.9. The van der Waals surface area contributed by atoms with E-state index in [1.54, 1.807) is 0 Å². The Kier molecular flexibility index (Phi) is 4.40. The van der Waals surface area contributed by atoms with E-state index in [0.717, 1.165) is 13.1 Å². The van der Waals surface area contributed by atoms with E-state index in [2.05, 4.69) is 39.8 Å². The fraction of sp³-hybridized carbons (Fsp3) is 0.900. The molecule has 0 radical (unpaired) electrons. The Morgan fingerprint density at radius 1 is 1.08 bits per heavy atom. The lowest BCUT2D eigenvalue weighted by molar-refractivity contribution is 0.338. The van der Waals surface area contributed by atoms with E-state index in [0.29, 0.717) is 5.84 Å². The molecule has 1 N–H and O–H groups in total. The molecule has 78 valence electrons. The van der Waals surface area contributed by atoms with Crippen LogP contribution in [0.4, 0.5) is 0 Å². The van der Waals surface area contributed by atoms with Crippen LogP contribution >= 0.6 is 0 Å². The van der Waals surface area contributed by atoms with Crippen molar-refractivity contribution in [2.45, 2.75) is 20.8 Å². The first-order chi connectivity index (χ1) is 5.75. The maximum Gasteiger partial charge on any atom is 0.101 e. The molecule has 3 nitrogen and oxygen atoms in total. The average molecular weight is 185 g/mol. The van der Waals surface area contributed by atoms with Gasteiger partial charge in [0, 0.05) is 25.6 Å². The number of nitrogens with one attached hydrogen (secondary N) is 1. The lowest BCUT2D eigenvalue weighted by atomic mass is 9.94. The molecule has 3 heteroatoms. The maximum absolute atomic E-state index is 7.90. The third-order valence-electron chi connectivity index (χ3n) is 1.97. The lowest BCUT2D eigenvalue weighted by Gasteiger charge is -2.30. The summed E-state index contributed by atoms with van der Waals surface area (Å²) in [5.74, 6) is 0.703. The number of amidine groups is 1. The van der Waals surface area contributed by atoms with Crippen LogP contribution in [-0.2, 0) is 0 Å². The zero-order valence-corrected chi connectivity index (χ0v) is 9.81. The summed E-state index contributed by atoms with van der Waals surface area (Å²) < 4.78 is 0. The van der Waals surface area contributed by atoms with Gasteiger partial charge in [-0.15, -0.1) is 0 Å². The second-order valence-corrected chi connectivity index (χ2v) is 4.82. The molecule has 0 amide bonds. The molecule has 13 heavy (non-hydrogen) atoms. The van der Waals surface area contributed by atoms with Crippen LogP contribution in [0, 0.1) is 10.8 Å². The van der Waals surface area contributed by atoms with Crippen molar-refractivity contribution >= 4 is 5.84 Å². The highest BCUT2D eigenvalue weighted by atomic mass is 15.2. The molecule has 0 saturated carbocycles. The standard InChI is InChI=1S/C10H23N3/c1-10(2,3)9(11)13(6)8-7-12(4)5/h11H,7-8H2,1-6H3. The summed E-state index contributed by atoms with van der Waals surface area (Å²) >= 11 is 0. The number of hydrogen-bond donors (Lipinski definition) is 1. The number of hydrogen-bond acceptors (Lipinski definition) is 2. The van der Waals surface area contributed by atoms with Crippen molar-refractivity contribution < 1.29 is 0 Å². The van der Waals surface area contributed by atoms with Gasteiger partial charge >= 0.3 is 0 Å². The second kappa shape index (κ2) is 4.61. The highest BCUT2D eigenvalue weighted by Gasteiger charge is 2.20. The maximum atomic E-state index is 7.90. The van der Waals surface area contributed by atoms with Gasteiger partial charge < -0.3 is 9.80 Å². The topological polar surface area (TPSA) is 30.3 Å². The molecule has 0 aliphatic heterocycles. The minimum absolute atomic E-state index is 0.0406. The summed E-state index contributed by atoms with van der Waals surface area (Å²) in [6.45, 7) is 8.13. The van der Waals surface area contributed by atoms with Crippen molar-refractivity contribution in [2.24, 2.45) is 5.41 Å². The Labute approximate surface area is 82.2 Å². The number of rotatable bonds is 3. The molecule has 0 aromatic carbocycles. The van der Waals surface area contributed by atoms with E-state index in [-0.39, 0.29) is 5.41 Å². The van der Waals surface area contributed by atoms with Crippen LogP contribution in [0.5, 0.6) is 0 Å². The van der Waals surface area contributed by atoms with E-state index in [1.807, 2.05) is 11.9 Å². The van der Waals surface area contributed by atoms with Crippen LogP contribution in [0.2, 0.25) is 0 Å². The monoisotopic (exact) mass is 185 g/mol. The Balaban J connectivity index is 3.98. The fourth-order valence-corrected chi connectivity index (χ4v) is 1.03. The Morgan fingerprint density at radius 3 is 1.85 bits per heavy atom. The van der Waals surface area contributed by atoms with E-state index in [4.69, 9.17) is 5.41 Å². The van der Waals surface area contributed by atoms with Gasteiger partial charge in [0.2, 0.25) is 0 Å². The molecule has 0 aromatic rings. The molecule has 0 atom stereocenters. The molecule has 0 aliphatic carbocycles. The molecule has 0 spiro atoms. The minimum Gasteiger partial charge on any atom is -0.362 e. The van der Waals surface area contributed by atoms with E-state index in [1.165, 1.54) is 0 Å². The van der Waals surface area contributed by atoms with Gasteiger partial charge in [-0.1, -0.05) is 20.8 Å². The van der Waals surface area contributed by atoms with Gasteiger partial charge in [0.05, 0.1) is 0 Å². The van der Waals surface area contributed by atoms with Crippen LogP contribution in [0.1, 0.15) is 20.8 Å². The van der Waals surface area contributed by atoms with Crippen molar-refractivity contribution in [3.63, 3.8) is 0 Å². The molecule has 0 bridgehead atoms. The molecule has 0 aliphatic rings. The molecular formula is C10H23N3. The van der Waals surface area contributed by atoms with Gasteiger partial charge in [-0.2, -0.15) is 0 Å². The molecule has 0 unspecified atom stereocenters. The van der Waals surface area contributed by atoms with Gasteiger partial charge in [0.1, 0.15) is 5.84 Å². The van der Waals surface area contributed by atoms with Crippen molar-refractivity contribution in [1.82, 2.24) is 9.80 Å². The predicted octanol–water partition coefficient (Wildman–Crippen LogP) is 1.50. The highest BCUT2D eigenvalue weighted by Crippen LogP contribution is 2.16. The van der Waals surface area contributed by atoms with Gasteiger partial charge in [0.25, 0.3) is 0 Å². The van der Waals surface area contributed by atoms with Crippen LogP contribution < -0.4 is 0 Å².